The van der Waals surface area contributed by atoms with Gasteiger partial charge < -0.3 is 10.2 Å². The summed E-state index contributed by atoms with van der Waals surface area (Å²) in [7, 11) is 0. The van der Waals surface area contributed by atoms with Gasteiger partial charge in [0.05, 0.1) is 18.4 Å². The Bertz CT molecular complexity index is 810. The van der Waals surface area contributed by atoms with Gasteiger partial charge in [0.15, 0.2) is 0 Å². The van der Waals surface area contributed by atoms with Crippen LogP contribution in [0.15, 0.2) is 54.6 Å². The number of aromatic hydroxyl groups is 1. The molecule has 0 amide bonds. The number of rotatable bonds is 5. The molecular formula is C21H24NO3+. The third kappa shape index (κ3) is 3.30. The van der Waals surface area contributed by atoms with Gasteiger partial charge in [0.25, 0.3) is 0 Å². The van der Waals surface area contributed by atoms with E-state index < -0.39 is 5.97 Å². The van der Waals surface area contributed by atoms with Crippen LogP contribution in [-0.2, 0) is 10.2 Å². The highest BCUT2D eigenvalue weighted by atomic mass is 16.4. The number of benzene rings is 2. The van der Waals surface area contributed by atoms with Crippen LogP contribution in [0, 0.1) is 0 Å². The highest BCUT2D eigenvalue weighted by Crippen LogP contribution is 2.37. The number of hydrogen-bond donors (Lipinski definition) is 3. The normalized spacial score (nSPS) is 21.4. The van der Waals surface area contributed by atoms with E-state index in [2.05, 4.69) is 32.1 Å². The standard InChI is InChI=1S/C21H23NO3/c1-21(2)16-8-4-5-9-17(16)22(14-13-20(24)25)19(21)12-11-15-7-3-6-10-18(15)23/h3-12,19,23H,13-14H2,1-2H3,(H,24,25)/p+1/b12-11+. The zero-order chi connectivity index (χ0) is 18.0. The lowest BCUT2D eigenvalue weighted by Crippen LogP contribution is -3.10. The summed E-state index contributed by atoms with van der Waals surface area (Å²) in [6.45, 7) is 4.92. The van der Waals surface area contributed by atoms with Crippen molar-refractivity contribution in [3.63, 3.8) is 0 Å². The van der Waals surface area contributed by atoms with Gasteiger partial charge in [-0.15, -0.1) is 0 Å². The lowest BCUT2D eigenvalue weighted by atomic mass is 9.80. The number of carboxylic acids is 1. The number of hydrogen-bond acceptors (Lipinski definition) is 2. The fourth-order valence-electron chi connectivity index (χ4n) is 3.81. The highest BCUT2D eigenvalue weighted by Gasteiger charge is 2.47. The lowest BCUT2D eigenvalue weighted by molar-refractivity contribution is -0.849. The Balaban J connectivity index is 1.97. The van der Waals surface area contributed by atoms with Gasteiger partial charge in [0.2, 0.25) is 0 Å². The molecule has 1 heterocycles. The molecule has 0 fully saturated rings. The van der Waals surface area contributed by atoms with E-state index in [-0.39, 0.29) is 23.6 Å². The molecule has 4 nitrogen and oxygen atoms in total. The molecule has 0 spiro atoms. The van der Waals surface area contributed by atoms with Crippen molar-refractivity contribution in [3.05, 3.63) is 65.7 Å². The first kappa shape index (κ1) is 17.2. The summed E-state index contributed by atoms with van der Waals surface area (Å²) in [6, 6.07) is 15.6. The molecule has 1 aliphatic rings. The molecule has 3 N–H and O–H groups in total. The van der Waals surface area contributed by atoms with Crippen molar-refractivity contribution in [2.75, 3.05) is 6.54 Å². The summed E-state index contributed by atoms with van der Waals surface area (Å²) in [4.78, 5) is 12.3. The van der Waals surface area contributed by atoms with Crippen LogP contribution in [0.3, 0.4) is 0 Å². The minimum Gasteiger partial charge on any atom is -0.507 e. The molecule has 0 aromatic heterocycles. The van der Waals surface area contributed by atoms with Crippen molar-refractivity contribution in [1.29, 1.82) is 0 Å². The van der Waals surface area contributed by atoms with Crippen LogP contribution in [0.2, 0.25) is 0 Å². The zero-order valence-electron chi connectivity index (χ0n) is 14.6. The maximum atomic E-state index is 11.1. The number of phenolic OH excluding ortho intramolecular Hbond substituents is 1. The van der Waals surface area contributed by atoms with Crippen LogP contribution in [0.4, 0.5) is 5.69 Å². The number of quaternary nitrogens is 1. The van der Waals surface area contributed by atoms with Gasteiger partial charge in [-0.05, 0) is 38.1 Å². The number of nitrogens with one attached hydrogen (secondary N) is 1. The molecule has 130 valence electrons. The maximum Gasteiger partial charge on any atom is 0.309 e. The molecule has 0 radical (unpaired) electrons. The minimum absolute atomic E-state index is 0.101. The predicted octanol–water partition coefficient (Wildman–Crippen LogP) is 2.76. The quantitative estimate of drug-likeness (QED) is 0.785. The predicted molar refractivity (Wildman–Crippen MR) is 98.1 cm³/mol. The maximum absolute atomic E-state index is 11.1. The molecule has 2 unspecified atom stereocenters. The second kappa shape index (κ2) is 6.73. The SMILES string of the molecule is CC1(C)c2ccccc2[NH+](CCC(=O)O)C1/C=C/c1ccccc1O. The van der Waals surface area contributed by atoms with E-state index >= 15 is 0 Å². The molecule has 0 bridgehead atoms. The number of para-hydroxylation sites is 2. The number of aliphatic carboxylic acids is 1. The molecular weight excluding hydrogens is 314 g/mol. The lowest BCUT2D eigenvalue weighted by Gasteiger charge is -2.27. The molecule has 2 atom stereocenters. The highest BCUT2D eigenvalue weighted by molar-refractivity contribution is 5.67. The Kier molecular flexibility index (Phi) is 4.64. The molecule has 0 saturated heterocycles. The van der Waals surface area contributed by atoms with Gasteiger partial charge in [0.1, 0.15) is 17.5 Å². The molecule has 0 saturated carbocycles. The van der Waals surface area contributed by atoms with Crippen molar-refractivity contribution in [2.24, 2.45) is 0 Å². The Hall–Kier alpha value is -2.59. The second-order valence-corrected chi connectivity index (χ2v) is 7.08. The van der Waals surface area contributed by atoms with Gasteiger partial charge in [-0.25, -0.2) is 0 Å². The second-order valence-electron chi connectivity index (χ2n) is 7.08. The Morgan fingerprint density at radius 1 is 1.16 bits per heavy atom. The van der Waals surface area contributed by atoms with E-state index in [1.807, 2.05) is 30.3 Å². The van der Waals surface area contributed by atoms with Crippen molar-refractivity contribution < 1.29 is 19.9 Å². The van der Waals surface area contributed by atoms with E-state index in [9.17, 15) is 9.90 Å². The van der Waals surface area contributed by atoms with E-state index in [1.165, 1.54) is 11.3 Å². The molecule has 0 aliphatic carbocycles. The summed E-state index contributed by atoms with van der Waals surface area (Å²) >= 11 is 0. The van der Waals surface area contributed by atoms with Gasteiger partial charge in [0, 0.05) is 11.1 Å². The van der Waals surface area contributed by atoms with Crippen LogP contribution >= 0.6 is 0 Å². The van der Waals surface area contributed by atoms with Gasteiger partial charge >= 0.3 is 5.97 Å². The monoisotopic (exact) mass is 338 g/mol. The fourth-order valence-corrected chi connectivity index (χ4v) is 3.81. The van der Waals surface area contributed by atoms with Crippen LogP contribution in [0.5, 0.6) is 5.75 Å². The van der Waals surface area contributed by atoms with Gasteiger partial charge in [-0.1, -0.05) is 36.4 Å². The molecule has 25 heavy (non-hydrogen) atoms. The Labute approximate surface area is 148 Å². The number of carbonyl (C=O) groups is 1. The topological polar surface area (TPSA) is 62.0 Å². The average Bonchev–Trinajstić information content (AvgIpc) is 2.79. The zero-order valence-corrected chi connectivity index (χ0v) is 14.6. The molecule has 2 aromatic rings. The molecule has 2 aromatic carbocycles. The fraction of sp³-hybridized carbons (Fsp3) is 0.286. The van der Waals surface area contributed by atoms with Crippen molar-refractivity contribution >= 4 is 17.7 Å². The average molecular weight is 338 g/mol. The smallest absolute Gasteiger partial charge is 0.309 e. The molecule has 4 heteroatoms. The van der Waals surface area contributed by atoms with E-state index in [1.54, 1.807) is 12.1 Å². The van der Waals surface area contributed by atoms with E-state index in [0.717, 1.165) is 10.5 Å². The van der Waals surface area contributed by atoms with Gasteiger partial charge in [-0.2, -0.15) is 0 Å². The number of phenols is 1. The van der Waals surface area contributed by atoms with Crippen LogP contribution in [-0.4, -0.2) is 28.8 Å². The van der Waals surface area contributed by atoms with Crippen LogP contribution < -0.4 is 4.90 Å². The summed E-state index contributed by atoms with van der Waals surface area (Å²) < 4.78 is 0. The largest absolute Gasteiger partial charge is 0.507 e. The third-order valence-corrected chi connectivity index (χ3v) is 5.13. The van der Waals surface area contributed by atoms with E-state index in [4.69, 9.17) is 5.11 Å². The Morgan fingerprint density at radius 3 is 2.56 bits per heavy atom. The summed E-state index contributed by atoms with van der Waals surface area (Å²) in [5.74, 6) is -0.530. The number of carboxylic acid groups (broad SMARTS) is 1. The molecule has 3 rings (SSSR count). The Morgan fingerprint density at radius 2 is 1.84 bits per heavy atom. The first-order valence-corrected chi connectivity index (χ1v) is 8.55. The van der Waals surface area contributed by atoms with Crippen molar-refractivity contribution in [3.8, 4) is 5.75 Å². The summed E-state index contributed by atoms with van der Waals surface area (Å²) in [5.41, 5.74) is 3.07. The van der Waals surface area contributed by atoms with Crippen molar-refractivity contribution in [1.82, 2.24) is 0 Å². The van der Waals surface area contributed by atoms with Crippen molar-refractivity contribution in [2.45, 2.75) is 31.7 Å². The third-order valence-electron chi connectivity index (χ3n) is 5.13. The van der Waals surface area contributed by atoms with Gasteiger partial charge in [-0.3, -0.25) is 9.69 Å². The number of fused-ring (bicyclic) bond motifs is 1. The molecule has 1 aliphatic heterocycles. The van der Waals surface area contributed by atoms with Crippen LogP contribution in [0.1, 0.15) is 31.4 Å². The first-order valence-electron chi connectivity index (χ1n) is 8.55. The summed E-state index contributed by atoms with van der Waals surface area (Å²) in [6.07, 6.45) is 4.17. The first-order chi connectivity index (χ1) is 11.9. The summed E-state index contributed by atoms with van der Waals surface area (Å²) in [5, 5.41) is 19.1. The van der Waals surface area contributed by atoms with Crippen LogP contribution in [0.25, 0.3) is 6.08 Å². The minimum atomic E-state index is -0.780. The van der Waals surface area contributed by atoms with E-state index in [0.29, 0.717) is 6.54 Å².